The molecule has 2 aromatic heterocycles. The van der Waals surface area contributed by atoms with E-state index < -0.39 is 17.4 Å². The Bertz CT molecular complexity index is 1160. The van der Waals surface area contributed by atoms with Crippen molar-refractivity contribution in [2.24, 2.45) is 0 Å². The fraction of sp³-hybridized carbons (Fsp3) is 0.360. The molecule has 0 amide bonds. The van der Waals surface area contributed by atoms with Crippen molar-refractivity contribution in [2.75, 3.05) is 5.75 Å². The third-order valence-corrected chi connectivity index (χ3v) is 6.64. The van der Waals surface area contributed by atoms with Crippen molar-refractivity contribution in [1.29, 1.82) is 0 Å². The number of alkyl halides is 3. The summed E-state index contributed by atoms with van der Waals surface area (Å²) >= 11 is 1.25. The zero-order valence-corrected chi connectivity index (χ0v) is 19.7. The Kier molecular flexibility index (Phi) is 7.57. The molecule has 0 saturated carbocycles. The number of benzene rings is 1. The van der Waals surface area contributed by atoms with Gasteiger partial charge in [0.2, 0.25) is 0 Å². The minimum Gasteiger partial charge on any atom is -0.507 e. The number of hydrogen-bond acceptors (Lipinski definition) is 5. The second kappa shape index (κ2) is 10.0. The van der Waals surface area contributed by atoms with Crippen LogP contribution in [-0.4, -0.2) is 15.8 Å². The summed E-state index contributed by atoms with van der Waals surface area (Å²) in [5, 5.41) is 11.2. The molecule has 0 aliphatic carbocycles. The highest BCUT2D eigenvalue weighted by atomic mass is 32.2. The molecule has 176 valence electrons. The highest BCUT2D eigenvalue weighted by Crippen LogP contribution is 2.36. The fourth-order valence-electron chi connectivity index (χ4n) is 3.72. The van der Waals surface area contributed by atoms with E-state index in [0.717, 1.165) is 34.5 Å². The first-order chi connectivity index (χ1) is 15.5. The number of hydrogen-bond donors (Lipinski definition) is 1. The van der Waals surface area contributed by atoms with Gasteiger partial charge in [-0.2, -0.15) is 13.2 Å². The molecule has 0 radical (unpaired) electrons. The van der Waals surface area contributed by atoms with Crippen molar-refractivity contribution < 1.29 is 22.7 Å². The van der Waals surface area contributed by atoms with E-state index in [1.165, 1.54) is 23.9 Å². The SMILES string of the molecule is CCc1cc(C)cc(CC)c1-c1c(O)cc(C(C)CSc2ccc(C(F)(F)F)cn2)oc1=O. The molecule has 8 heteroatoms. The van der Waals surface area contributed by atoms with Gasteiger partial charge in [-0.25, -0.2) is 9.78 Å². The molecule has 0 aliphatic heterocycles. The van der Waals surface area contributed by atoms with Crippen molar-refractivity contribution >= 4 is 11.8 Å². The summed E-state index contributed by atoms with van der Waals surface area (Å²) in [7, 11) is 0. The van der Waals surface area contributed by atoms with E-state index in [-0.39, 0.29) is 17.2 Å². The molecule has 1 N–H and O–H groups in total. The Morgan fingerprint density at radius 1 is 1.09 bits per heavy atom. The van der Waals surface area contributed by atoms with Crippen molar-refractivity contribution in [3.8, 4) is 16.9 Å². The molecule has 0 saturated heterocycles. The smallest absolute Gasteiger partial charge is 0.417 e. The average Bonchev–Trinajstić information content (AvgIpc) is 2.76. The number of pyridine rings is 1. The molecular weight excluding hydrogens is 451 g/mol. The normalized spacial score (nSPS) is 12.7. The van der Waals surface area contributed by atoms with Gasteiger partial charge >= 0.3 is 11.8 Å². The highest BCUT2D eigenvalue weighted by Gasteiger charge is 2.30. The van der Waals surface area contributed by atoms with Crippen LogP contribution in [0.1, 0.15) is 54.7 Å². The zero-order chi connectivity index (χ0) is 24.3. The third kappa shape index (κ3) is 5.61. The van der Waals surface area contributed by atoms with Crippen molar-refractivity contribution in [3.63, 3.8) is 0 Å². The lowest BCUT2D eigenvalue weighted by molar-refractivity contribution is -0.137. The van der Waals surface area contributed by atoms with Gasteiger partial charge in [-0.1, -0.05) is 38.5 Å². The van der Waals surface area contributed by atoms with Crippen LogP contribution < -0.4 is 5.63 Å². The minimum atomic E-state index is -4.43. The molecule has 2 heterocycles. The summed E-state index contributed by atoms with van der Waals surface area (Å²) < 4.78 is 43.7. The number of halogens is 3. The number of rotatable bonds is 7. The average molecular weight is 478 g/mol. The summed E-state index contributed by atoms with van der Waals surface area (Å²) in [6.45, 7) is 7.81. The Balaban J connectivity index is 1.86. The van der Waals surface area contributed by atoms with Gasteiger partial charge in [0.1, 0.15) is 17.1 Å². The van der Waals surface area contributed by atoms with E-state index in [1.807, 2.05) is 39.8 Å². The summed E-state index contributed by atoms with van der Waals surface area (Å²) in [5.74, 6) is 0.300. The Labute approximate surface area is 194 Å². The zero-order valence-electron chi connectivity index (χ0n) is 18.9. The Hall–Kier alpha value is -2.74. The lowest BCUT2D eigenvalue weighted by Gasteiger charge is -2.16. The second-order valence-corrected chi connectivity index (χ2v) is 9.00. The molecule has 3 rings (SSSR count). The number of nitrogens with zero attached hydrogens (tertiary/aromatic N) is 1. The molecule has 1 atom stereocenters. The monoisotopic (exact) mass is 477 g/mol. The van der Waals surface area contributed by atoms with Crippen LogP contribution in [0.5, 0.6) is 5.75 Å². The van der Waals surface area contributed by atoms with Crippen LogP contribution in [0.2, 0.25) is 0 Å². The van der Waals surface area contributed by atoms with Gasteiger partial charge in [-0.15, -0.1) is 11.8 Å². The number of aromatic nitrogens is 1. The third-order valence-electron chi connectivity index (χ3n) is 5.44. The lowest BCUT2D eigenvalue weighted by Crippen LogP contribution is -2.11. The standard InChI is InChI=1S/C25H26F3NO3S/c1-5-16-9-14(3)10-17(6-2)22(16)23-19(30)11-20(32-24(23)31)15(4)13-33-21-8-7-18(12-29-21)25(26,27)28/h7-12,15,30H,5-6,13H2,1-4H3. The molecule has 1 unspecified atom stereocenters. The molecule has 4 nitrogen and oxygen atoms in total. The first-order valence-corrected chi connectivity index (χ1v) is 11.7. The van der Waals surface area contributed by atoms with E-state index in [2.05, 4.69) is 4.98 Å². The van der Waals surface area contributed by atoms with Crippen molar-refractivity contribution in [1.82, 2.24) is 4.98 Å². The van der Waals surface area contributed by atoms with Gasteiger partial charge in [-0.3, -0.25) is 0 Å². The predicted octanol–water partition coefficient (Wildman–Crippen LogP) is 6.76. The van der Waals surface area contributed by atoms with Crippen LogP contribution in [0.15, 0.2) is 50.8 Å². The fourth-order valence-corrected chi connectivity index (χ4v) is 4.60. The van der Waals surface area contributed by atoms with Crippen LogP contribution in [-0.2, 0) is 19.0 Å². The molecule has 33 heavy (non-hydrogen) atoms. The Morgan fingerprint density at radius 2 is 1.73 bits per heavy atom. The molecule has 0 bridgehead atoms. The van der Waals surface area contributed by atoms with Crippen LogP contribution in [0.3, 0.4) is 0 Å². The highest BCUT2D eigenvalue weighted by molar-refractivity contribution is 7.99. The predicted molar refractivity (Wildman–Crippen MR) is 124 cm³/mol. The quantitative estimate of drug-likeness (QED) is 0.381. The summed E-state index contributed by atoms with van der Waals surface area (Å²) in [4.78, 5) is 16.8. The van der Waals surface area contributed by atoms with Crippen LogP contribution in [0.25, 0.3) is 11.1 Å². The summed E-state index contributed by atoms with van der Waals surface area (Å²) in [6.07, 6.45) is -2.22. The molecule has 0 aliphatic rings. The van der Waals surface area contributed by atoms with E-state index >= 15 is 0 Å². The van der Waals surface area contributed by atoms with Crippen LogP contribution in [0, 0.1) is 6.92 Å². The maximum absolute atomic E-state index is 12.9. The first-order valence-electron chi connectivity index (χ1n) is 10.7. The van der Waals surface area contributed by atoms with Gasteiger partial charge in [0.15, 0.2) is 0 Å². The maximum atomic E-state index is 12.9. The van der Waals surface area contributed by atoms with Crippen molar-refractivity contribution in [3.05, 3.63) is 75.0 Å². The molecule has 0 fully saturated rings. The lowest BCUT2D eigenvalue weighted by atomic mass is 9.90. The van der Waals surface area contributed by atoms with Gasteiger partial charge in [0.25, 0.3) is 0 Å². The van der Waals surface area contributed by atoms with Gasteiger partial charge in [0, 0.05) is 23.9 Å². The van der Waals surface area contributed by atoms with Gasteiger partial charge < -0.3 is 9.52 Å². The van der Waals surface area contributed by atoms with E-state index in [9.17, 15) is 23.1 Å². The minimum absolute atomic E-state index is 0.140. The number of aryl methyl sites for hydroxylation is 3. The summed E-state index contributed by atoms with van der Waals surface area (Å²) in [6, 6.07) is 7.78. The molecule has 1 aromatic carbocycles. The number of aromatic hydroxyl groups is 1. The Morgan fingerprint density at radius 3 is 2.21 bits per heavy atom. The van der Waals surface area contributed by atoms with Gasteiger partial charge in [0.05, 0.1) is 10.6 Å². The van der Waals surface area contributed by atoms with E-state index in [1.54, 1.807) is 0 Å². The largest absolute Gasteiger partial charge is 0.507 e. The molecule has 0 spiro atoms. The van der Waals surface area contributed by atoms with E-state index in [0.29, 0.717) is 29.4 Å². The van der Waals surface area contributed by atoms with E-state index in [4.69, 9.17) is 4.42 Å². The topological polar surface area (TPSA) is 63.3 Å². The summed E-state index contributed by atoms with van der Waals surface area (Å²) in [5.41, 5.74) is 2.51. The van der Waals surface area contributed by atoms with Crippen LogP contribution in [0.4, 0.5) is 13.2 Å². The van der Waals surface area contributed by atoms with Crippen molar-refractivity contribution in [2.45, 2.75) is 57.7 Å². The molecule has 3 aromatic rings. The molecular formula is C25H26F3NO3S. The second-order valence-electron chi connectivity index (χ2n) is 7.96. The number of thioether (sulfide) groups is 1. The first kappa shape index (κ1) is 24.9. The van der Waals surface area contributed by atoms with Crippen LogP contribution >= 0.6 is 11.8 Å². The maximum Gasteiger partial charge on any atom is 0.417 e. The van der Waals surface area contributed by atoms with Gasteiger partial charge in [-0.05, 0) is 48.6 Å².